The molecule has 0 aliphatic carbocycles. The number of para-hydroxylation sites is 1. The molecule has 0 saturated heterocycles. The summed E-state index contributed by atoms with van der Waals surface area (Å²) in [6.07, 6.45) is -2.99. The summed E-state index contributed by atoms with van der Waals surface area (Å²) in [5.41, 5.74) is -1.16. The Morgan fingerprint density at radius 3 is 2.70 bits per heavy atom. The zero-order chi connectivity index (χ0) is 15.3. The van der Waals surface area contributed by atoms with Crippen LogP contribution in [-0.4, -0.2) is 33.7 Å². The van der Waals surface area contributed by atoms with Crippen molar-refractivity contribution in [3.8, 4) is 0 Å². The van der Waals surface area contributed by atoms with Crippen molar-refractivity contribution < 1.29 is 24.3 Å². The van der Waals surface area contributed by atoms with Crippen LogP contribution in [0.3, 0.4) is 0 Å². The third-order valence-electron chi connectivity index (χ3n) is 2.70. The van der Waals surface area contributed by atoms with Crippen LogP contribution in [-0.2, 0) is 4.79 Å². The quantitative estimate of drug-likeness (QED) is 0.525. The maximum Gasteiger partial charge on any atom is 0.310 e. The standard InChI is InChI=1S/C12H15FN2O5/c1-7(16)14-6-5-10(17)12(18)8-3-2-4-9(13)11(8)15(19)20/h2-4,10,12,17-18H,5-6H2,1H3,(H,14,16). The highest BCUT2D eigenvalue weighted by Gasteiger charge is 2.28. The SMILES string of the molecule is CC(=O)NCCC(O)C(O)c1cccc(F)c1[N+](=O)[O-]. The summed E-state index contributed by atoms with van der Waals surface area (Å²) in [5.74, 6) is -1.39. The fraction of sp³-hybridized carbons (Fsp3) is 0.417. The molecule has 0 bridgehead atoms. The highest BCUT2D eigenvalue weighted by molar-refractivity contribution is 5.72. The molecular formula is C12H15FN2O5. The van der Waals surface area contributed by atoms with Gasteiger partial charge in [-0.15, -0.1) is 0 Å². The van der Waals surface area contributed by atoms with Crippen molar-refractivity contribution >= 4 is 11.6 Å². The highest BCUT2D eigenvalue weighted by Crippen LogP contribution is 2.30. The fourth-order valence-electron chi connectivity index (χ4n) is 1.72. The first-order chi connectivity index (χ1) is 9.34. The highest BCUT2D eigenvalue weighted by atomic mass is 19.1. The number of rotatable bonds is 6. The lowest BCUT2D eigenvalue weighted by molar-refractivity contribution is -0.389. The van der Waals surface area contributed by atoms with E-state index in [2.05, 4.69) is 5.32 Å². The number of hydrogen-bond acceptors (Lipinski definition) is 5. The second-order valence-electron chi connectivity index (χ2n) is 4.22. The zero-order valence-electron chi connectivity index (χ0n) is 10.7. The van der Waals surface area contributed by atoms with Crippen LogP contribution < -0.4 is 5.32 Å². The Morgan fingerprint density at radius 1 is 1.50 bits per heavy atom. The van der Waals surface area contributed by atoms with Gasteiger partial charge in [-0.3, -0.25) is 14.9 Å². The third kappa shape index (κ3) is 3.97. The average Bonchev–Trinajstić information content (AvgIpc) is 2.36. The van der Waals surface area contributed by atoms with Gasteiger partial charge in [0.15, 0.2) is 0 Å². The van der Waals surface area contributed by atoms with E-state index in [4.69, 9.17) is 0 Å². The summed E-state index contributed by atoms with van der Waals surface area (Å²) in [7, 11) is 0. The van der Waals surface area contributed by atoms with Gasteiger partial charge < -0.3 is 15.5 Å². The van der Waals surface area contributed by atoms with Gasteiger partial charge >= 0.3 is 5.69 Å². The molecule has 0 spiro atoms. The monoisotopic (exact) mass is 286 g/mol. The number of aliphatic hydroxyl groups is 2. The summed E-state index contributed by atoms with van der Waals surface area (Å²) >= 11 is 0. The van der Waals surface area contributed by atoms with Crippen molar-refractivity contribution in [1.82, 2.24) is 5.32 Å². The van der Waals surface area contributed by atoms with E-state index >= 15 is 0 Å². The lowest BCUT2D eigenvalue weighted by atomic mass is 10.00. The Kier molecular flexibility index (Phi) is 5.53. The van der Waals surface area contributed by atoms with Crippen LogP contribution in [0.15, 0.2) is 18.2 Å². The molecule has 1 rings (SSSR count). The number of halogens is 1. The van der Waals surface area contributed by atoms with E-state index in [1.54, 1.807) is 0 Å². The van der Waals surface area contributed by atoms with Crippen molar-refractivity contribution in [2.45, 2.75) is 25.6 Å². The smallest absolute Gasteiger partial charge is 0.310 e. The Hall–Kier alpha value is -2.06. The first kappa shape index (κ1) is 16.0. The molecule has 0 aromatic heterocycles. The van der Waals surface area contributed by atoms with E-state index in [0.29, 0.717) is 0 Å². The first-order valence-electron chi connectivity index (χ1n) is 5.88. The summed E-state index contributed by atoms with van der Waals surface area (Å²) in [5, 5.41) is 32.8. The summed E-state index contributed by atoms with van der Waals surface area (Å²) in [6.45, 7) is 1.39. The fourth-order valence-corrected chi connectivity index (χ4v) is 1.72. The molecule has 0 aliphatic rings. The van der Waals surface area contributed by atoms with Gasteiger partial charge in [-0.2, -0.15) is 4.39 Å². The molecule has 0 saturated carbocycles. The average molecular weight is 286 g/mol. The largest absolute Gasteiger partial charge is 0.390 e. The number of nitro groups is 1. The van der Waals surface area contributed by atoms with Gasteiger partial charge in [0.1, 0.15) is 6.10 Å². The molecule has 2 atom stereocenters. The lowest BCUT2D eigenvalue weighted by Gasteiger charge is -2.18. The third-order valence-corrected chi connectivity index (χ3v) is 2.70. The Bertz CT molecular complexity index is 509. The molecule has 7 nitrogen and oxygen atoms in total. The van der Waals surface area contributed by atoms with E-state index in [0.717, 1.165) is 6.07 Å². The maximum atomic E-state index is 13.4. The summed E-state index contributed by atoms with van der Waals surface area (Å²) < 4.78 is 13.4. The van der Waals surface area contributed by atoms with Gasteiger partial charge in [-0.05, 0) is 18.6 Å². The topological polar surface area (TPSA) is 113 Å². The number of nitrogens with zero attached hydrogens (tertiary/aromatic N) is 1. The molecule has 8 heteroatoms. The van der Waals surface area contributed by atoms with E-state index < -0.39 is 28.6 Å². The summed E-state index contributed by atoms with van der Waals surface area (Å²) in [4.78, 5) is 20.5. The predicted octanol–water partition coefficient (Wildman–Crippen LogP) is 0.654. The molecule has 2 unspecified atom stereocenters. The van der Waals surface area contributed by atoms with Crippen molar-refractivity contribution in [2.24, 2.45) is 0 Å². The van der Waals surface area contributed by atoms with Gasteiger partial charge in [0.2, 0.25) is 11.7 Å². The predicted molar refractivity (Wildman–Crippen MR) is 67.3 cm³/mol. The zero-order valence-corrected chi connectivity index (χ0v) is 10.7. The number of amides is 1. The van der Waals surface area contributed by atoms with Crippen LogP contribution in [0.5, 0.6) is 0 Å². The van der Waals surface area contributed by atoms with Crippen molar-refractivity contribution in [3.05, 3.63) is 39.7 Å². The number of carbonyl (C=O) groups excluding carboxylic acids is 1. The van der Waals surface area contributed by atoms with Gasteiger partial charge in [0.25, 0.3) is 0 Å². The number of benzene rings is 1. The molecule has 3 N–H and O–H groups in total. The van der Waals surface area contributed by atoms with Gasteiger partial charge in [-0.1, -0.05) is 6.07 Å². The minimum absolute atomic E-state index is 0.0194. The molecule has 1 aromatic carbocycles. The van der Waals surface area contributed by atoms with Crippen LogP contribution in [0.1, 0.15) is 25.0 Å². The Morgan fingerprint density at radius 2 is 2.15 bits per heavy atom. The normalized spacial score (nSPS) is 13.6. The van der Waals surface area contributed by atoms with Crippen LogP contribution in [0.25, 0.3) is 0 Å². The second kappa shape index (κ2) is 6.92. The minimum Gasteiger partial charge on any atom is -0.390 e. The summed E-state index contributed by atoms with van der Waals surface area (Å²) in [6, 6.07) is 3.28. The van der Waals surface area contributed by atoms with Crippen LogP contribution in [0, 0.1) is 15.9 Å². The van der Waals surface area contributed by atoms with Crippen molar-refractivity contribution in [3.63, 3.8) is 0 Å². The van der Waals surface area contributed by atoms with Gasteiger partial charge in [-0.25, -0.2) is 0 Å². The minimum atomic E-state index is -1.61. The number of nitrogens with one attached hydrogen (secondary N) is 1. The van der Waals surface area contributed by atoms with Crippen LogP contribution in [0.4, 0.5) is 10.1 Å². The molecule has 0 aliphatic heterocycles. The molecule has 1 aromatic rings. The van der Waals surface area contributed by atoms with E-state index in [1.807, 2.05) is 0 Å². The van der Waals surface area contributed by atoms with Crippen LogP contribution in [0.2, 0.25) is 0 Å². The molecular weight excluding hydrogens is 271 g/mol. The maximum absolute atomic E-state index is 13.4. The number of carbonyl (C=O) groups is 1. The van der Waals surface area contributed by atoms with Crippen LogP contribution >= 0.6 is 0 Å². The molecule has 110 valence electrons. The molecule has 0 radical (unpaired) electrons. The van der Waals surface area contributed by atoms with E-state index in [9.17, 15) is 29.5 Å². The second-order valence-corrected chi connectivity index (χ2v) is 4.22. The Labute approximate surface area is 114 Å². The number of hydrogen-bond donors (Lipinski definition) is 3. The van der Waals surface area contributed by atoms with Crippen molar-refractivity contribution in [2.75, 3.05) is 6.54 Å². The number of aliphatic hydroxyl groups excluding tert-OH is 2. The molecule has 1 amide bonds. The van der Waals surface area contributed by atoms with Gasteiger partial charge in [0, 0.05) is 13.5 Å². The first-order valence-corrected chi connectivity index (χ1v) is 5.88. The molecule has 0 fully saturated rings. The lowest BCUT2D eigenvalue weighted by Crippen LogP contribution is -2.28. The van der Waals surface area contributed by atoms with E-state index in [-0.39, 0.29) is 24.4 Å². The molecule has 0 heterocycles. The van der Waals surface area contributed by atoms with E-state index in [1.165, 1.54) is 19.1 Å². The number of nitro benzene ring substituents is 1. The van der Waals surface area contributed by atoms with Gasteiger partial charge in [0.05, 0.1) is 16.6 Å². The molecule has 20 heavy (non-hydrogen) atoms. The Balaban J connectivity index is 2.86. The van der Waals surface area contributed by atoms with Crippen molar-refractivity contribution in [1.29, 1.82) is 0 Å².